The topological polar surface area (TPSA) is 53.5 Å². The Balaban J connectivity index is 1.81. The summed E-state index contributed by atoms with van der Waals surface area (Å²) >= 11 is 0. The van der Waals surface area contributed by atoms with Crippen LogP contribution in [-0.2, 0) is 9.31 Å². The van der Waals surface area contributed by atoms with Gasteiger partial charge in [-0.15, -0.1) is 0 Å². The SMILES string of the molecule is Cc1ccnc(Oc2ccc(B3OC(C)(C)C(C)(C)O3)cc2C)n1. The van der Waals surface area contributed by atoms with Crippen molar-refractivity contribution < 1.29 is 14.0 Å². The average Bonchev–Trinajstić information content (AvgIpc) is 2.70. The van der Waals surface area contributed by atoms with Crippen LogP contribution in [0.25, 0.3) is 0 Å². The second-order valence-corrected chi connectivity index (χ2v) is 7.20. The Hall–Kier alpha value is -1.92. The van der Waals surface area contributed by atoms with Gasteiger partial charge >= 0.3 is 13.1 Å². The molecule has 2 heterocycles. The highest BCUT2D eigenvalue weighted by atomic mass is 16.7. The molecule has 2 aromatic rings. The van der Waals surface area contributed by atoms with Crippen molar-refractivity contribution in [3.05, 3.63) is 41.7 Å². The fourth-order valence-electron chi connectivity index (χ4n) is 2.49. The van der Waals surface area contributed by atoms with Crippen LogP contribution in [-0.4, -0.2) is 28.3 Å². The van der Waals surface area contributed by atoms with Gasteiger partial charge in [0.05, 0.1) is 11.2 Å². The smallest absolute Gasteiger partial charge is 0.424 e. The van der Waals surface area contributed by atoms with Gasteiger partial charge in [-0.25, -0.2) is 9.97 Å². The first kappa shape index (κ1) is 16.9. The van der Waals surface area contributed by atoms with E-state index >= 15 is 0 Å². The lowest BCUT2D eigenvalue weighted by molar-refractivity contribution is 0.00578. The Morgan fingerprint density at radius 2 is 1.67 bits per heavy atom. The molecule has 1 aromatic heterocycles. The summed E-state index contributed by atoms with van der Waals surface area (Å²) in [5.41, 5.74) is 2.12. The molecule has 1 saturated heterocycles. The van der Waals surface area contributed by atoms with Gasteiger partial charge in [-0.3, -0.25) is 0 Å². The predicted octanol–water partition coefficient (Wildman–Crippen LogP) is 3.18. The quantitative estimate of drug-likeness (QED) is 0.811. The lowest BCUT2D eigenvalue weighted by Gasteiger charge is -2.32. The summed E-state index contributed by atoms with van der Waals surface area (Å²) in [6.07, 6.45) is 1.69. The molecule has 0 bridgehead atoms. The maximum absolute atomic E-state index is 6.09. The largest absolute Gasteiger partial charge is 0.494 e. The number of aryl methyl sites for hydroxylation is 2. The van der Waals surface area contributed by atoms with Crippen molar-refractivity contribution in [1.29, 1.82) is 0 Å². The zero-order chi connectivity index (χ0) is 17.5. The van der Waals surface area contributed by atoms with Crippen LogP contribution in [0, 0.1) is 13.8 Å². The van der Waals surface area contributed by atoms with E-state index in [-0.39, 0.29) is 18.3 Å². The van der Waals surface area contributed by atoms with Crippen molar-refractivity contribution in [2.75, 3.05) is 0 Å². The lowest BCUT2D eigenvalue weighted by Crippen LogP contribution is -2.41. The molecular formula is C18H23BN2O3. The van der Waals surface area contributed by atoms with E-state index in [4.69, 9.17) is 14.0 Å². The first-order chi connectivity index (χ1) is 11.2. The summed E-state index contributed by atoms with van der Waals surface area (Å²) in [5, 5.41) is 0. The van der Waals surface area contributed by atoms with E-state index < -0.39 is 0 Å². The third-order valence-corrected chi connectivity index (χ3v) is 4.70. The number of aromatic nitrogens is 2. The van der Waals surface area contributed by atoms with Crippen LogP contribution in [0.2, 0.25) is 0 Å². The third-order valence-electron chi connectivity index (χ3n) is 4.70. The summed E-state index contributed by atoms with van der Waals surface area (Å²) in [5.74, 6) is 0.723. The molecule has 6 heteroatoms. The van der Waals surface area contributed by atoms with Crippen LogP contribution in [0.1, 0.15) is 39.0 Å². The number of ether oxygens (including phenoxy) is 1. The van der Waals surface area contributed by atoms with E-state index in [9.17, 15) is 0 Å². The number of nitrogens with zero attached hydrogens (tertiary/aromatic N) is 2. The van der Waals surface area contributed by atoms with Crippen molar-refractivity contribution in [2.45, 2.75) is 52.7 Å². The Bertz CT molecular complexity index is 746. The van der Waals surface area contributed by atoms with Gasteiger partial charge in [-0.1, -0.05) is 12.1 Å². The standard InChI is InChI=1S/C18H23BN2O3/c1-12-11-14(19-23-17(3,4)18(5,6)24-19)7-8-15(12)22-16-20-10-9-13(2)21-16/h7-11H,1-6H3. The minimum absolute atomic E-state index is 0.349. The predicted molar refractivity (Wildman–Crippen MR) is 93.7 cm³/mol. The highest BCUT2D eigenvalue weighted by Crippen LogP contribution is 2.36. The molecule has 0 N–H and O–H groups in total. The molecule has 0 saturated carbocycles. The van der Waals surface area contributed by atoms with Gasteiger partial charge in [0.15, 0.2) is 0 Å². The second kappa shape index (κ2) is 5.86. The first-order valence-corrected chi connectivity index (χ1v) is 8.12. The van der Waals surface area contributed by atoms with Crippen molar-refractivity contribution in [1.82, 2.24) is 9.97 Å². The van der Waals surface area contributed by atoms with Crippen molar-refractivity contribution in [3.63, 3.8) is 0 Å². The van der Waals surface area contributed by atoms with Gasteiger partial charge in [0.1, 0.15) is 5.75 Å². The van der Waals surface area contributed by atoms with Crippen molar-refractivity contribution in [2.24, 2.45) is 0 Å². The summed E-state index contributed by atoms with van der Waals surface area (Å²) in [7, 11) is -0.377. The Kier molecular flexibility index (Phi) is 4.14. The normalized spacial score (nSPS) is 18.7. The fourth-order valence-corrected chi connectivity index (χ4v) is 2.49. The van der Waals surface area contributed by atoms with E-state index in [0.29, 0.717) is 6.01 Å². The molecule has 1 aromatic carbocycles. The molecular weight excluding hydrogens is 303 g/mol. The van der Waals surface area contributed by atoms with Gasteiger partial charge in [-0.05, 0) is 64.7 Å². The molecule has 126 valence electrons. The van der Waals surface area contributed by atoms with Crippen LogP contribution in [0.5, 0.6) is 11.8 Å². The van der Waals surface area contributed by atoms with E-state index in [1.807, 2.05) is 65.8 Å². The van der Waals surface area contributed by atoms with E-state index in [2.05, 4.69) is 9.97 Å². The van der Waals surface area contributed by atoms with E-state index in [0.717, 1.165) is 22.5 Å². The minimum Gasteiger partial charge on any atom is -0.424 e. The molecule has 3 rings (SSSR count). The molecule has 0 aliphatic carbocycles. The third kappa shape index (κ3) is 3.16. The summed E-state index contributed by atoms with van der Waals surface area (Å²) in [6, 6.07) is 8.07. The van der Waals surface area contributed by atoms with Crippen LogP contribution in [0.4, 0.5) is 0 Å². The monoisotopic (exact) mass is 326 g/mol. The van der Waals surface area contributed by atoms with Gasteiger partial charge in [-0.2, -0.15) is 0 Å². The van der Waals surface area contributed by atoms with Gasteiger partial charge in [0, 0.05) is 11.9 Å². The van der Waals surface area contributed by atoms with Gasteiger partial charge in [0.25, 0.3) is 0 Å². The maximum Gasteiger partial charge on any atom is 0.494 e. The summed E-state index contributed by atoms with van der Waals surface area (Å²) in [6.45, 7) is 12.1. The molecule has 5 nitrogen and oxygen atoms in total. The number of hydrogen-bond donors (Lipinski definition) is 0. The first-order valence-electron chi connectivity index (χ1n) is 8.12. The summed E-state index contributed by atoms with van der Waals surface area (Å²) < 4.78 is 18.0. The molecule has 0 atom stereocenters. The van der Waals surface area contributed by atoms with E-state index in [1.54, 1.807) is 6.20 Å². The highest BCUT2D eigenvalue weighted by Gasteiger charge is 2.51. The molecule has 1 aliphatic heterocycles. The van der Waals surface area contributed by atoms with Crippen LogP contribution in [0.15, 0.2) is 30.5 Å². The zero-order valence-corrected chi connectivity index (χ0v) is 15.1. The number of rotatable bonds is 3. The van der Waals surface area contributed by atoms with Crippen LogP contribution < -0.4 is 10.2 Å². The molecule has 0 amide bonds. The Morgan fingerprint density at radius 3 is 2.25 bits per heavy atom. The Morgan fingerprint density at radius 1 is 1.00 bits per heavy atom. The maximum atomic E-state index is 6.09. The van der Waals surface area contributed by atoms with E-state index in [1.165, 1.54) is 0 Å². The minimum atomic E-state index is -0.377. The molecule has 1 fully saturated rings. The van der Waals surface area contributed by atoms with Crippen molar-refractivity contribution in [3.8, 4) is 11.8 Å². The van der Waals surface area contributed by atoms with Crippen LogP contribution in [0.3, 0.4) is 0 Å². The van der Waals surface area contributed by atoms with Gasteiger partial charge < -0.3 is 14.0 Å². The highest BCUT2D eigenvalue weighted by molar-refractivity contribution is 6.62. The van der Waals surface area contributed by atoms with Crippen LogP contribution >= 0.6 is 0 Å². The van der Waals surface area contributed by atoms with Gasteiger partial charge in [0.2, 0.25) is 0 Å². The fraction of sp³-hybridized carbons (Fsp3) is 0.444. The van der Waals surface area contributed by atoms with Crippen molar-refractivity contribution >= 4 is 12.6 Å². The molecule has 24 heavy (non-hydrogen) atoms. The Labute approximate surface area is 143 Å². The lowest BCUT2D eigenvalue weighted by atomic mass is 9.78. The second-order valence-electron chi connectivity index (χ2n) is 7.20. The molecule has 0 unspecified atom stereocenters. The number of benzene rings is 1. The average molecular weight is 326 g/mol. The summed E-state index contributed by atoms with van der Waals surface area (Å²) in [4.78, 5) is 8.40. The molecule has 1 aliphatic rings. The number of hydrogen-bond acceptors (Lipinski definition) is 5. The zero-order valence-electron chi connectivity index (χ0n) is 15.1. The molecule has 0 radical (unpaired) electrons. The molecule has 0 spiro atoms.